The summed E-state index contributed by atoms with van der Waals surface area (Å²) in [5, 5.41) is 4.95. The van der Waals surface area contributed by atoms with Crippen LogP contribution in [-0.4, -0.2) is 29.1 Å². The Bertz CT molecular complexity index is 905. The molecule has 3 aromatic rings. The number of nitrogens with zero attached hydrogens (tertiary/aromatic N) is 2. The van der Waals surface area contributed by atoms with Crippen LogP contribution in [0.2, 0.25) is 0 Å². The van der Waals surface area contributed by atoms with Crippen LogP contribution in [0, 0.1) is 11.8 Å². The molecule has 0 aliphatic heterocycles. The minimum Gasteiger partial charge on any atom is -0.463 e. The van der Waals surface area contributed by atoms with Gasteiger partial charge >= 0.3 is 6.09 Å². The standard InChI is InChI=1S/C19H16N2O3/c1-2-23-19(22)21-17-13-7-6-12-16(17)18(20-21)24-14-8-11-15-9-4-3-5-10-15/h3-7,9-10,12-13H,2,14H2,1H3. The van der Waals surface area contributed by atoms with Crippen LogP contribution in [0.4, 0.5) is 4.79 Å². The summed E-state index contributed by atoms with van der Waals surface area (Å²) in [5.74, 6) is 6.31. The molecule has 2 aromatic carbocycles. The fraction of sp³-hybridized carbons (Fsp3) is 0.158. The van der Waals surface area contributed by atoms with Gasteiger partial charge in [-0.2, -0.15) is 4.68 Å². The Hall–Kier alpha value is -3.26. The predicted molar refractivity (Wildman–Crippen MR) is 91.0 cm³/mol. The predicted octanol–water partition coefficient (Wildman–Crippen LogP) is 3.47. The molecular formula is C19H16N2O3. The molecule has 0 spiro atoms. The Morgan fingerprint density at radius 1 is 1.12 bits per heavy atom. The molecule has 0 radical (unpaired) electrons. The minimum absolute atomic E-state index is 0.179. The third-order valence-corrected chi connectivity index (χ3v) is 3.28. The molecule has 0 unspecified atom stereocenters. The van der Waals surface area contributed by atoms with Crippen molar-refractivity contribution < 1.29 is 14.3 Å². The van der Waals surface area contributed by atoms with E-state index in [0.29, 0.717) is 11.4 Å². The van der Waals surface area contributed by atoms with Crippen LogP contribution in [0.5, 0.6) is 5.88 Å². The minimum atomic E-state index is -0.529. The van der Waals surface area contributed by atoms with E-state index in [-0.39, 0.29) is 13.2 Å². The molecule has 1 heterocycles. The van der Waals surface area contributed by atoms with Gasteiger partial charge in [-0.05, 0) is 31.2 Å². The zero-order valence-electron chi connectivity index (χ0n) is 13.2. The average molecular weight is 320 g/mol. The highest BCUT2D eigenvalue weighted by Crippen LogP contribution is 2.24. The van der Waals surface area contributed by atoms with Crippen LogP contribution < -0.4 is 4.74 Å². The van der Waals surface area contributed by atoms with Crippen molar-refractivity contribution in [3.8, 4) is 17.7 Å². The Kier molecular flexibility index (Phi) is 4.78. The molecular weight excluding hydrogens is 304 g/mol. The van der Waals surface area contributed by atoms with Crippen LogP contribution in [0.1, 0.15) is 12.5 Å². The first-order valence-electron chi connectivity index (χ1n) is 7.61. The lowest BCUT2D eigenvalue weighted by Crippen LogP contribution is -2.14. The molecule has 24 heavy (non-hydrogen) atoms. The van der Waals surface area contributed by atoms with Crippen molar-refractivity contribution in [1.82, 2.24) is 9.78 Å². The van der Waals surface area contributed by atoms with E-state index < -0.39 is 6.09 Å². The lowest BCUT2D eigenvalue weighted by Gasteiger charge is -2.01. The summed E-state index contributed by atoms with van der Waals surface area (Å²) in [6, 6.07) is 17.0. The van der Waals surface area contributed by atoms with Gasteiger partial charge in [-0.1, -0.05) is 42.2 Å². The number of fused-ring (bicyclic) bond motifs is 1. The van der Waals surface area contributed by atoms with Crippen molar-refractivity contribution >= 4 is 17.0 Å². The zero-order chi connectivity index (χ0) is 16.8. The van der Waals surface area contributed by atoms with E-state index in [9.17, 15) is 4.79 Å². The largest absolute Gasteiger partial charge is 0.463 e. The summed E-state index contributed by atoms with van der Waals surface area (Å²) in [7, 11) is 0. The molecule has 0 saturated heterocycles. The first-order valence-corrected chi connectivity index (χ1v) is 7.61. The summed E-state index contributed by atoms with van der Waals surface area (Å²) in [6.45, 7) is 2.21. The second-order valence-electron chi connectivity index (χ2n) is 4.89. The molecule has 3 rings (SSSR count). The zero-order valence-corrected chi connectivity index (χ0v) is 13.2. The van der Waals surface area contributed by atoms with E-state index in [4.69, 9.17) is 9.47 Å². The molecule has 0 amide bonds. The molecule has 0 saturated carbocycles. The van der Waals surface area contributed by atoms with Gasteiger partial charge in [0.2, 0.25) is 5.88 Å². The molecule has 5 nitrogen and oxygen atoms in total. The van der Waals surface area contributed by atoms with Crippen molar-refractivity contribution in [2.24, 2.45) is 0 Å². The van der Waals surface area contributed by atoms with Gasteiger partial charge in [0.15, 0.2) is 6.61 Å². The van der Waals surface area contributed by atoms with Crippen LogP contribution in [0.25, 0.3) is 10.9 Å². The molecule has 5 heteroatoms. The van der Waals surface area contributed by atoms with Gasteiger partial charge in [0.25, 0.3) is 0 Å². The maximum Gasteiger partial charge on any atom is 0.435 e. The average Bonchev–Trinajstić information content (AvgIpc) is 2.99. The van der Waals surface area contributed by atoms with E-state index in [0.717, 1.165) is 10.9 Å². The number of rotatable bonds is 3. The quantitative estimate of drug-likeness (QED) is 0.693. The molecule has 0 N–H and O–H groups in total. The van der Waals surface area contributed by atoms with Gasteiger partial charge in [-0.15, -0.1) is 5.10 Å². The SMILES string of the molecule is CCOC(=O)n1nc(OCC#Cc2ccccc2)c2ccccc21. The molecule has 1 aromatic heterocycles. The Balaban J connectivity index is 1.80. The molecule has 0 fully saturated rings. The maximum absolute atomic E-state index is 12.0. The number of carbonyl (C=O) groups excluding carboxylic acids is 1. The fourth-order valence-electron chi connectivity index (χ4n) is 2.23. The number of para-hydroxylation sites is 1. The van der Waals surface area contributed by atoms with Crippen LogP contribution in [-0.2, 0) is 4.74 Å². The van der Waals surface area contributed by atoms with Crippen LogP contribution in [0.3, 0.4) is 0 Å². The van der Waals surface area contributed by atoms with E-state index in [1.807, 2.05) is 48.5 Å². The lowest BCUT2D eigenvalue weighted by atomic mass is 10.2. The first-order chi connectivity index (χ1) is 11.8. The maximum atomic E-state index is 12.0. The van der Waals surface area contributed by atoms with Gasteiger partial charge in [-0.25, -0.2) is 4.79 Å². The summed E-state index contributed by atoms with van der Waals surface area (Å²) in [6.07, 6.45) is -0.529. The van der Waals surface area contributed by atoms with Crippen molar-refractivity contribution in [2.75, 3.05) is 13.2 Å². The number of benzene rings is 2. The highest BCUT2D eigenvalue weighted by Gasteiger charge is 2.16. The molecule has 0 aliphatic carbocycles. The van der Waals surface area contributed by atoms with Crippen molar-refractivity contribution in [2.45, 2.75) is 6.92 Å². The van der Waals surface area contributed by atoms with Gasteiger partial charge in [0, 0.05) is 5.56 Å². The Morgan fingerprint density at radius 3 is 2.67 bits per heavy atom. The van der Waals surface area contributed by atoms with Crippen LogP contribution >= 0.6 is 0 Å². The number of aromatic nitrogens is 2. The normalized spacial score (nSPS) is 10.0. The molecule has 0 aliphatic rings. The summed E-state index contributed by atoms with van der Waals surface area (Å²) in [4.78, 5) is 12.0. The van der Waals surface area contributed by atoms with E-state index in [2.05, 4.69) is 16.9 Å². The smallest absolute Gasteiger partial charge is 0.435 e. The fourth-order valence-corrected chi connectivity index (χ4v) is 2.23. The number of hydrogen-bond donors (Lipinski definition) is 0. The highest BCUT2D eigenvalue weighted by molar-refractivity contribution is 5.91. The lowest BCUT2D eigenvalue weighted by molar-refractivity contribution is 0.151. The van der Waals surface area contributed by atoms with Gasteiger partial charge < -0.3 is 9.47 Å². The highest BCUT2D eigenvalue weighted by atomic mass is 16.6. The van der Waals surface area contributed by atoms with Gasteiger partial charge in [0.1, 0.15) is 0 Å². The van der Waals surface area contributed by atoms with E-state index in [1.54, 1.807) is 13.0 Å². The molecule has 0 atom stereocenters. The first kappa shape index (κ1) is 15.6. The third-order valence-electron chi connectivity index (χ3n) is 3.28. The van der Waals surface area contributed by atoms with Crippen molar-refractivity contribution in [1.29, 1.82) is 0 Å². The van der Waals surface area contributed by atoms with Gasteiger partial charge in [0.05, 0.1) is 17.5 Å². The number of hydrogen-bond acceptors (Lipinski definition) is 4. The third kappa shape index (κ3) is 3.39. The molecule has 120 valence electrons. The van der Waals surface area contributed by atoms with Gasteiger partial charge in [-0.3, -0.25) is 0 Å². The topological polar surface area (TPSA) is 53.4 Å². The van der Waals surface area contributed by atoms with E-state index in [1.165, 1.54) is 4.68 Å². The van der Waals surface area contributed by atoms with Crippen molar-refractivity contribution in [3.63, 3.8) is 0 Å². The second-order valence-corrected chi connectivity index (χ2v) is 4.89. The summed E-state index contributed by atoms with van der Waals surface area (Å²) in [5.41, 5.74) is 1.56. The number of ether oxygens (including phenoxy) is 2. The monoisotopic (exact) mass is 320 g/mol. The second kappa shape index (κ2) is 7.34. The summed E-state index contributed by atoms with van der Waals surface area (Å²) >= 11 is 0. The number of carbonyl (C=O) groups is 1. The molecule has 0 bridgehead atoms. The van der Waals surface area contributed by atoms with E-state index >= 15 is 0 Å². The summed E-state index contributed by atoms with van der Waals surface area (Å²) < 4.78 is 11.9. The van der Waals surface area contributed by atoms with Crippen molar-refractivity contribution in [3.05, 3.63) is 60.2 Å². The van der Waals surface area contributed by atoms with Crippen LogP contribution in [0.15, 0.2) is 54.6 Å². The Morgan fingerprint density at radius 2 is 1.88 bits per heavy atom. The Labute approximate surface area is 139 Å².